The molecule has 4 nitrogen and oxygen atoms in total. The molecule has 1 heterocycles. The van der Waals surface area contributed by atoms with Crippen LogP contribution in [0, 0.1) is 0 Å². The van der Waals surface area contributed by atoms with Crippen LogP contribution in [0.4, 0.5) is 5.69 Å². The van der Waals surface area contributed by atoms with Crippen molar-refractivity contribution >= 4 is 24.0 Å². The van der Waals surface area contributed by atoms with E-state index in [2.05, 4.69) is 4.98 Å². The maximum Gasteiger partial charge on any atom is 0.254 e. The van der Waals surface area contributed by atoms with Crippen molar-refractivity contribution in [3.05, 3.63) is 59.9 Å². The van der Waals surface area contributed by atoms with E-state index in [1.54, 1.807) is 36.7 Å². The number of carbonyl (C=O) groups is 1. The minimum Gasteiger partial charge on any atom is -0.399 e. The van der Waals surface area contributed by atoms with Crippen molar-refractivity contribution in [1.82, 2.24) is 9.88 Å². The summed E-state index contributed by atoms with van der Waals surface area (Å²) in [7, 11) is 0. The fourth-order valence-electron chi connectivity index (χ4n) is 1.97. The fourth-order valence-corrected chi connectivity index (χ4v) is 1.97. The number of nitrogens with two attached hydrogens (primary N) is 1. The molecule has 1 aromatic heterocycles. The third kappa shape index (κ3) is 4.46. The molecule has 0 fully saturated rings. The van der Waals surface area contributed by atoms with Crippen molar-refractivity contribution in [3.8, 4) is 0 Å². The molecule has 0 spiro atoms. The van der Waals surface area contributed by atoms with Crippen LogP contribution in [0.2, 0.25) is 0 Å². The Kier molecular flexibility index (Phi) is 6.18. The van der Waals surface area contributed by atoms with E-state index >= 15 is 0 Å². The Labute approximate surface area is 131 Å². The van der Waals surface area contributed by atoms with E-state index in [4.69, 9.17) is 5.73 Å². The number of pyridine rings is 1. The van der Waals surface area contributed by atoms with Crippen LogP contribution in [0.5, 0.6) is 0 Å². The van der Waals surface area contributed by atoms with Gasteiger partial charge >= 0.3 is 0 Å². The number of hydrogen-bond acceptors (Lipinski definition) is 3. The first-order valence-corrected chi connectivity index (χ1v) is 6.63. The molecule has 0 bridgehead atoms. The summed E-state index contributed by atoms with van der Waals surface area (Å²) < 4.78 is 0. The summed E-state index contributed by atoms with van der Waals surface area (Å²) in [6.45, 7) is 4.56. The quantitative estimate of drug-likeness (QED) is 0.883. The molecule has 0 radical (unpaired) electrons. The number of halogens is 1. The van der Waals surface area contributed by atoms with E-state index in [-0.39, 0.29) is 24.4 Å². The second-order valence-corrected chi connectivity index (χ2v) is 5.01. The number of nitrogens with zero attached hydrogens (tertiary/aromatic N) is 2. The minimum atomic E-state index is 0. The van der Waals surface area contributed by atoms with Gasteiger partial charge in [0.2, 0.25) is 0 Å². The Bertz CT molecular complexity index is 570. The van der Waals surface area contributed by atoms with Gasteiger partial charge in [-0.2, -0.15) is 0 Å². The summed E-state index contributed by atoms with van der Waals surface area (Å²) in [6, 6.07) is 11.0. The molecular weight excluding hydrogens is 286 g/mol. The Morgan fingerprint density at radius 3 is 2.43 bits per heavy atom. The molecule has 5 heteroatoms. The summed E-state index contributed by atoms with van der Waals surface area (Å²) in [6.07, 6.45) is 3.51. The minimum absolute atomic E-state index is 0. The number of anilines is 1. The van der Waals surface area contributed by atoms with Crippen LogP contribution in [0.25, 0.3) is 0 Å². The molecule has 2 N–H and O–H groups in total. The van der Waals surface area contributed by atoms with Crippen LogP contribution in [0.3, 0.4) is 0 Å². The summed E-state index contributed by atoms with van der Waals surface area (Å²) >= 11 is 0. The molecular formula is C16H20ClN3O. The molecule has 2 rings (SSSR count). The first-order valence-electron chi connectivity index (χ1n) is 6.63. The van der Waals surface area contributed by atoms with Crippen LogP contribution in [-0.2, 0) is 6.54 Å². The average Bonchev–Trinajstić information content (AvgIpc) is 2.45. The Morgan fingerprint density at radius 2 is 1.90 bits per heavy atom. The number of rotatable bonds is 4. The lowest BCUT2D eigenvalue weighted by molar-refractivity contribution is 0.0690. The summed E-state index contributed by atoms with van der Waals surface area (Å²) in [5.74, 6) is 0.00357. The molecule has 0 aliphatic carbocycles. The number of nitrogen functional groups attached to an aromatic ring is 1. The molecule has 0 atom stereocenters. The summed E-state index contributed by atoms with van der Waals surface area (Å²) in [4.78, 5) is 18.5. The maximum absolute atomic E-state index is 12.6. The van der Waals surface area contributed by atoms with Crippen LogP contribution >= 0.6 is 12.4 Å². The molecule has 0 saturated heterocycles. The predicted octanol–water partition coefficient (Wildman–Crippen LogP) is 3.14. The SMILES string of the molecule is CC(C)N(Cc1cccnc1)C(=O)c1ccc(N)cc1.Cl. The van der Waals surface area contributed by atoms with Gasteiger partial charge in [0.05, 0.1) is 0 Å². The fraction of sp³-hybridized carbons (Fsp3) is 0.250. The van der Waals surface area contributed by atoms with Gasteiger partial charge < -0.3 is 10.6 Å². The summed E-state index contributed by atoms with van der Waals surface area (Å²) in [5, 5.41) is 0. The molecule has 0 unspecified atom stereocenters. The van der Waals surface area contributed by atoms with Gasteiger partial charge in [0, 0.05) is 36.2 Å². The zero-order chi connectivity index (χ0) is 14.5. The van der Waals surface area contributed by atoms with Crippen molar-refractivity contribution in [1.29, 1.82) is 0 Å². The molecule has 1 aromatic carbocycles. The molecule has 2 aromatic rings. The highest BCUT2D eigenvalue weighted by Crippen LogP contribution is 2.14. The lowest BCUT2D eigenvalue weighted by Crippen LogP contribution is -2.36. The first kappa shape index (κ1) is 17.0. The van der Waals surface area contributed by atoms with Gasteiger partial charge in [-0.05, 0) is 49.7 Å². The molecule has 0 saturated carbocycles. The lowest BCUT2D eigenvalue weighted by atomic mass is 10.1. The van der Waals surface area contributed by atoms with Crippen LogP contribution < -0.4 is 5.73 Å². The molecule has 0 aliphatic heterocycles. The van der Waals surface area contributed by atoms with Gasteiger partial charge in [-0.3, -0.25) is 9.78 Å². The van der Waals surface area contributed by atoms with Crippen molar-refractivity contribution in [3.63, 3.8) is 0 Å². The zero-order valence-electron chi connectivity index (χ0n) is 12.2. The number of benzene rings is 1. The number of aromatic nitrogens is 1. The highest BCUT2D eigenvalue weighted by atomic mass is 35.5. The normalized spacial score (nSPS) is 10.0. The Hall–Kier alpha value is -2.07. The maximum atomic E-state index is 12.6. The van der Waals surface area contributed by atoms with Crippen LogP contribution in [-0.4, -0.2) is 21.8 Å². The van der Waals surface area contributed by atoms with Gasteiger partial charge in [0.25, 0.3) is 5.91 Å². The van der Waals surface area contributed by atoms with Crippen molar-refractivity contribution in [2.45, 2.75) is 26.4 Å². The van der Waals surface area contributed by atoms with E-state index in [0.717, 1.165) is 5.56 Å². The third-order valence-electron chi connectivity index (χ3n) is 3.12. The van der Waals surface area contributed by atoms with Crippen molar-refractivity contribution in [2.24, 2.45) is 0 Å². The van der Waals surface area contributed by atoms with Crippen LogP contribution in [0.15, 0.2) is 48.8 Å². The first-order chi connectivity index (χ1) is 9.58. The van der Waals surface area contributed by atoms with E-state index in [0.29, 0.717) is 17.8 Å². The molecule has 21 heavy (non-hydrogen) atoms. The highest BCUT2D eigenvalue weighted by Gasteiger charge is 2.18. The van der Waals surface area contributed by atoms with Gasteiger partial charge in [-0.1, -0.05) is 6.07 Å². The zero-order valence-corrected chi connectivity index (χ0v) is 13.0. The van der Waals surface area contributed by atoms with Gasteiger partial charge in [0.1, 0.15) is 0 Å². The van der Waals surface area contributed by atoms with E-state index < -0.39 is 0 Å². The van der Waals surface area contributed by atoms with Crippen molar-refractivity contribution in [2.75, 3.05) is 5.73 Å². The molecule has 0 aliphatic rings. The smallest absolute Gasteiger partial charge is 0.254 e. The van der Waals surface area contributed by atoms with Gasteiger partial charge in [0.15, 0.2) is 0 Å². The molecule has 1 amide bonds. The Balaban J connectivity index is 0.00000220. The lowest BCUT2D eigenvalue weighted by Gasteiger charge is -2.27. The second kappa shape index (κ2) is 7.64. The number of carbonyl (C=O) groups excluding carboxylic acids is 1. The molecule has 112 valence electrons. The average molecular weight is 306 g/mol. The monoisotopic (exact) mass is 305 g/mol. The topological polar surface area (TPSA) is 59.2 Å². The second-order valence-electron chi connectivity index (χ2n) is 5.01. The van der Waals surface area contributed by atoms with Crippen LogP contribution in [0.1, 0.15) is 29.8 Å². The third-order valence-corrected chi connectivity index (χ3v) is 3.12. The van der Waals surface area contributed by atoms with E-state index in [9.17, 15) is 4.79 Å². The predicted molar refractivity (Wildman–Crippen MR) is 87.3 cm³/mol. The standard InChI is InChI=1S/C16H19N3O.ClH/c1-12(2)19(11-13-4-3-9-18-10-13)16(20)14-5-7-15(17)8-6-14;/h3-10,12H,11,17H2,1-2H3;1H. The highest BCUT2D eigenvalue weighted by molar-refractivity contribution is 5.94. The number of amides is 1. The van der Waals surface area contributed by atoms with Gasteiger partial charge in [-0.25, -0.2) is 0 Å². The van der Waals surface area contributed by atoms with E-state index in [1.807, 2.05) is 30.9 Å². The Morgan fingerprint density at radius 1 is 1.24 bits per heavy atom. The van der Waals surface area contributed by atoms with Gasteiger partial charge in [-0.15, -0.1) is 12.4 Å². The summed E-state index contributed by atoms with van der Waals surface area (Å²) in [5.41, 5.74) is 7.98. The van der Waals surface area contributed by atoms with E-state index in [1.165, 1.54) is 0 Å². The largest absolute Gasteiger partial charge is 0.399 e. The number of hydrogen-bond donors (Lipinski definition) is 1. The van der Waals surface area contributed by atoms with Crippen molar-refractivity contribution < 1.29 is 4.79 Å².